The first kappa shape index (κ1) is 14.8. The van der Waals surface area contributed by atoms with Crippen LogP contribution in [0.3, 0.4) is 0 Å². The summed E-state index contributed by atoms with van der Waals surface area (Å²) in [5.41, 5.74) is 1.14. The lowest BCUT2D eigenvalue weighted by molar-refractivity contribution is 0.353. The van der Waals surface area contributed by atoms with Crippen LogP contribution in [0.5, 0.6) is 0 Å². The number of hydrogen-bond acceptors (Lipinski definition) is 1. The van der Waals surface area contributed by atoms with Gasteiger partial charge in [-0.15, -0.1) is 0 Å². The second-order valence-electron chi connectivity index (χ2n) is 4.52. The highest BCUT2D eigenvalue weighted by atomic mass is 35.5. The molecule has 0 spiro atoms. The van der Waals surface area contributed by atoms with E-state index in [1.54, 1.807) is 6.07 Å². The highest BCUT2D eigenvalue weighted by Crippen LogP contribution is 2.19. The maximum Gasteiger partial charge on any atom is 0.0424 e. The van der Waals surface area contributed by atoms with Gasteiger partial charge < -0.3 is 5.32 Å². The Morgan fingerprint density at radius 3 is 2.06 bits per heavy atom. The van der Waals surface area contributed by atoms with Crippen LogP contribution in [-0.2, 0) is 6.54 Å². The lowest BCUT2D eigenvalue weighted by Gasteiger charge is -2.22. The molecule has 0 saturated heterocycles. The Balaban J connectivity index is 2.55. The van der Waals surface area contributed by atoms with Gasteiger partial charge in [0.2, 0.25) is 0 Å². The van der Waals surface area contributed by atoms with E-state index in [0.717, 1.165) is 18.0 Å². The van der Waals surface area contributed by atoms with Gasteiger partial charge >= 0.3 is 0 Å². The van der Waals surface area contributed by atoms with Gasteiger partial charge in [-0.05, 0) is 36.6 Å². The number of halogens is 2. The molecule has 1 aromatic rings. The molecule has 17 heavy (non-hydrogen) atoms. The normalized spacial score (nSPS) is 13.1. The molecule has 0 bridgehead atoms. The third kappa shape index (κ3) is 4.87. The fourth-order valence-electron chi connectivity index (χ4n) is 2.15. The van der Waals surface area contributed by atoms with Crippen molar-refractivity contribution in [2.24, 2.45) is 5.92 Å². The zero-order valence-corrected chi connectivity index (χ0v) is 12.3. The number of nitrogens with one attached hydrogen (secondary N) is 1. The Morgan fingerprint density at radius 1 is 1.06 bits per heavy atom. The van der Waals surface area contributed by atoms with E-state index in [9.17, 15) is 0 Å². The minimum absolute atomic E-state index is 0.516. The monoisotopic (exact) mass is 273 g/mol. The van der Waals surface area contributed by atoms with E-state index < -0.39 is 0 Å². The molecule has 0 amide bonds. The summed E-state index contributed by atoms with van der Waals surface area (Å²) in [4.78, 5) is 0. The topological polar surface area (TPSA) is 12.0 Å². The van der Waals surface area contributed by atoms with Crippen LogP contribution in [0.2, 0.25) is 10.0 Å². The average molecular weight is 274 g/mol. The van der Waals surface area contributed by atoms with E-state index in [0.29, 0.717) is 16.1 Å². The van der Waals surface area contributed by atoms with Crippen molar-refractivity contribution in [1.82, 2.24) is 5.32 Å². The molecular formula is C14H21Cl2N. The Kier molecular flexibility index (Phi) is 6.32. The summed E-state index contributed by atoms with van der Waals surface area (Å²) in [6, 6.07) is 6.19. The van der Waals surface area contributed by atoms with Crippen LogP contribution in [0, 0.1) is 5.92 Å². The smallest absolute Gasteiger partial charge is 0.0424 e. The first-order chi connectivity index (χ1) is 8.06. The van der Waals surface area contributed by atoms with Crippen molar-refractivity contribution in [3.8, 4) is 0 Å². The van der Waals surface area contributed by atoms with Gasteiger partial charge in [0, 0.05) is 22.6 Å². The quantitative estimate of drug-likeness (QED) is 0.777. The molecule has 1 unspecified atom stereocenters. The number of benzene rings is 1. The van der Waals surface area contributed by atoms with Gasteiger partial charge in [-0.2, -0.15) is 0 Å². The van der Waals surface area contributed by atoms with Crippen molar-refractivity contribution in [3.63, 3.8) is 0 Å². The summed E-state index contributed by atoms with van der Waals surface area (Å²) in [6.45, 7) is 7.53. The fraction of sp³-hybridized carbons (Fsp3) is 0.571. The van der Waals surface area contributed by atoms with Crippen LogP contribution in [0.15, 0.2) is 18.2 Å². The first-order valence-corrected chi connectivity index (χ1v) is 7.00. The number of hydrogen-bond donors (Lipinski definition) is 1. The fourth-order valence-corrected chi connectivity index (χ4v) is 2.73. The second kappa shape index (κ2) is 7.25. The molecule has 3 heteroatoms. The van der Waals surface area contributed by atoms with E-state index in [1.165, 1.54) is 12.8 Å². The predicted octanol–water partition coefficient (Wildman–Crippen LogP) is 4.91. The third-order valence-electron chi connectivity index (χ3n) is 3.31. The molecular weight excluding hydrogens is 253 g/mol. The predicted molar refractivity (Wildman–Crippen MR) is 76.8 cm³/mol. The maximum atomic E-state index is 5.97. The van der Waals surface area contributed by atoms with Crippen LogP contribution in [0.4, 0.5) is 0 Å². The summed E-state index contributed by atoms with van der Waals surface area (Å²) >= 11 is 11.9. The van der Waals surface area contributed by atoms with Crippen LogP contribution in [0.25, 0.3) is 0 Å². The van der Waals surface area contributed by atoms with E-state index in [1.807, 2.05) is 12.1 Å². The van der Waals surface area contributed by atoms with Crippen LogP contribution in [0.1, 0.15) is 39.2 Å². The van der Waals surface area contributed by atoms with E-state index in [4.69, 9.17) is 23.2 Å². The molecule has 0 radical (unpaired) electrons. The molecule has 96 valence electrons. The Hall–Kier alpha value is -0.240. The average Bonchev–Trinajstić information content (AvgIpc) is 2.27. The molecule has 1 N–H and O–H groups in total. The van der Waals surface area contributed by atoms with Gasteiger partial charge in [0.15, 0.2) is 0 Å². The van der Waals surface area contributed by atoms with Crippen LogP contribution in [-0.4, -0.2) is 6.04 Å². The van der Waals surface area contributed by atoms with Crippen molar-refractivity contribution in [3.05, 3.63) is 33.8 Å². The minimum Gasteiger partial charge on any atom is -0.310 e. The minimum atomic E-state index is 0.516. The van der Waals surface area contributed by atoms with Crippen LogP contribution < -0.4 is 5.32 Å². The first-order valence-electron chi connectivity index (χ1n) is 6.25. The molecule has 1 nitrogen and oxygen atoms in total. The molecule has 1 atom stereocenters. The molecule has 1 rings (SSSR count). The summed E-state index contributed by atoms with van der Waals surface area (Å²) in [5, 5.41) is 4.94. The highest BCUT2D eigenvalue weighted by molar-refractivity contribution is 6.34. The zero-order valence-electron chi connectivity index (χ0n) is 10.8. The van der Waals surface area contributed by atoms with Crippen molar-refractivity contribution < 1.29 is 0 Å². The Labute approximate surface area is 115 Å². The SMILES string of the molecule is CCC(CC)C(C)NCc1cc(Cl)cc(Cl)c1. The van der Waals surface area contributed by atoms with Gasteiger partial charge in [0.1, 0.15) is 0 Å². The van der Waals surface area contributed by atoms with Gasteiger partial charge in [0.25, 0.3) is 0 Å². The van der Waals surface area contributed by atoms with Crippen molar-refractivity contribution in [2.45, 2.75) is 46.2 Å². The number of rotatable bonds is 6. The third-order valence-corrected chi connectivity index (χ3v) is 3.74. The summed E-state index contributed by atoms with van der Waals surface area (Å²) in [5.74, 6) is 0.727. The van der Waals surface area contributed by atoms with E-state index >= 15 is 0 Å². The maximum absolute atomic E-state index is 5.97. The zero-order chi connectivity index (χ0) is 12.8. The molecule has 0 aromatic heterocycles. The molecule has 0 heterocycles. The van der Waals surface area contributed by atoms with Gasteiger partial charge in [-0.25, -0.2) is 0 Å². The summed E-state index contributed by atoms with van der Waals surface area (Å²) < 4.78 is 0. The summed E-state index contributed by atoms with van der Waals surface area (Å²) in [6.07, 6.45) is 2.42. The van der Waals surface area contributed by atoms with Crippen molar-refractivity contribution in [1.29, 1.82) is 0 Å². The summed E-state index contributed by atoms with van der Waals surface area (Å²) in [7, 11) is 0. The van der Waals surface area contributed by atoms with Gasteiger partial charge in [0.05, 0.1) is 0 Å². The molecule has 1 aromatic carbocycles. The molecule has 0 fully saturated rings. The lowest BCUT2D eigenvalue weighted by atomic mass is 9.95. The molecule has 0 saturated carbocycles. The molecule has 0 aliphatic heterocycles. The lowest BCUT2D eigenvalue weighted by Crippen LogP contribution is -2.32. The van der Waals surface area contributed by atoms with E-state index in [2.05, 4.69) is 26.1 Å². The second-order valence-corrected chi connectivity index (χ2v) is 5.40. The van der Waals surface area contributed by atoms with Crippen LogP contribution >= 0.6 is 23.2 Å². The van der Waals surface area contributed by atoms with E-state index in [-0.39, 0.29) is 0 Å². The Morgan fingerprint density at radius 2 is 1.59 bits per heavy atom. The highest BCUT2D eigenvalue weighted by Gasteiger charge is 2.12. The Bertz CT molecular complexity index is 328. The molecule has 0 aliphatic carbocycles. The standard InChI is InChI=1S/C14H21Cl2N/c1-4-12(5-2)10(3)17-9-11-6-13(15)8-14(16)7-11/h6-8,10,12,17H,4-5,9H2,1-3H3. The van der Waals surface area contributed by atoms with Gasteiger partial charge in [-0.3, -0.25) is 0 Å². The van der Waals surface area contributed by atoms with Gasteiger partial charge in [-0.1, -0.05) is 49.9 Å². The molecule has 0 aliphatic rings. The largest absolute Gasteiger partial charge is 0.310 e. The van der Waals surface area contributed by atoms with Crippen molar-refractivity contribution in [2.75, 3.05) is 0 Å². The van der Waals surface area contributed by atoms with Crippen molar-refractivity contribution >= 4 is 23.2 Å².